The van der Waals surface area contributed by atoms with E-state index in [-0.39, 0.29) is 24.8 Å². The van der Waals surface area contributed by atoms with Gasteiger partial charge in [-0.3, -0.25) is 13.9 Å². The van der Waals surface area contributed by atoms with Gasteiger partial charge in [0.25, 0.3) is 10.0 Å². The molecule has 0 bridgehead atoms. The number of sulfonamides is 1. The monoisotopic (exact) mass is 521 g/mol. The largest absolute Gasteiger partial charge is 0.354 e. The van der Waals surface area contributed by atoms with Crippen LogP contribution in [0.5, 0.6) is 0 Å². The molecule has 3 aromatic carbocycles. The van der Waals surface area contributed by atoms with Crippen LogP contribution in [0.15, 0.2) is 65.6 Å². The van der Waals surface area contributed by atoms with Crippen LogP contribution >= 0.6 is 0 Å². The Morgan fingerprint density at radius 3 is 2.43 bits per heavy atom. The number of rotatable bonds is 11. The summed E-state index contributed by atoms with van der Waals surface area (Å²) in [6.07, 6.45) is 1.79. The molecule has 0 aliphatic carbocycles. The maximum atomic E-state index is 13.6. The molecule has 196 valence electrons. The lowest BCUT2D eigenvalue weighted by molar-refractivity contribution is -0.141. The van der Waals surface area contributed by atoms with Crippen LogP contribution in [0.2, 0.25) is 0 Å². The number of hydrogen-bond acceptors (Lipinski definition) is 4. The Kier molecular flexibility index (Phi) is 8.17. The Morgan fingerprint density at radius 1 is 1.00 bits per heavy atom. The highest BCUT2D eigenvalue weighted by atomic mass is 32.2. The summed E-state index contributed by atoms with van der Waals surface area (Å²) in [7, 11) is -3.67. The molecule has 0 fully saturated rings. The number of aryl methyl sites for hydroxylation is 1. The van der Waals surface area contributed by atoms with Gasteiger partial charge in [0.2, 0.25) is 11.8 Å². The highest BCUT2D eigenvalue weighted by Crippen LogP contribution is 2.42. The summed E-state index contributed by atoms with van der Waals surface area (Å²) in [6, 6.07) is 18.1. The maximum Gasteiger partial charge on any atom is 0.265 e. The molecule has 1 N–H and O–H groups in total. The predicted octanol–water partition coefficient (Wildman–Crippen LogP) is 4.77. The smallest absolute Gasteiger partial charge is 0.265 e. The van der Waals surface area contributed by atoms with Gasteiger partial charge < -0.3 is 10.2 Å². The van der Waals surface area contributed by atoms with Crippen molar-refractivity contribution < 1.29 is 18.0 Å². The van der Waals surface area contributed by atoms with Crippen molar-refractivity contribution >= 4 is 38.3 Å². The molecular weight excluding hydrogens is 486 g/mol. The summed E-state index contributed by atoms with van der Waals surface area (Å²) in [5.41, 5.74) is 2.70. The van der Waals surface area contributed by atoms with Crippen molar-refractivity contribution in [3.8, 4) is 0 Å². The first kappa shape index (κ1) is 26.7. The van der Waals surface area contributed by atoms with Crippen LogP contribution in [0.3, 0.4) is 0 Å². The van der Waals surface area contributed by atoms with Crippen LogP contribution in [0, 0.1) is 6.92 Å². The van der Waals surface area contributed by atoms with Crippen LogP contribution in [0.25, 0.3) is 10.8 Å². The molecule has 7 nitrogen and oxygen atoms in total. The first-order valence-corrected chi connectivity index (χ1v) is 14.4. The molecule has 1 atom stereocenters. The van der Waals surface area contributed by atoms with E-state index in [2.05, 4.69) is 5.32 Å². The van der Waals surface area contributed by atoms with Gasteiger partial charge in [-0.05, 0) is 54.8 Å². The number of anilines is 1. The zero-order chi connectivity index (χ0) is 26.6. The fraction of sp³-hybridized carbons (Fsp3) is 0.379. The van der Waals surface area contributed by atoms with Gasteiger partial charge in [0.1, 0.15) is 6.04 Å². The minimum absolute atomic E-state index is 0.141. The topological polar surface area (TPSA) is 86.8 Å². The molecule has 0 saturated heterocycles. The average Bonchev–Trinajstić information content (AvgIpc) is 3.11. The molecule has 8 heteroatoms. The average molecular weight is 522 g/mol. The van der Waals surface area contributed by atoms with E-state index in [0.29, 0.717) is 36.5 Å². The number of carbonyl (C=O) groups excluding carboxylic acids is 2. The Morgan fingerprint density at radius 2 is 1.73 bits per heavy atom. The van der Waals surface area contributed by atoms with Gasteiger partial charge in [-0.1, -0.05) is 62.4 Å². The first-order chi connectivity index (χ1) is 17.8. The van der Waals surface area contributed by atoms with Crippen LogP contribution < -0.4 is 9.62 Å². The van der Waals surface area contributed by atoms with Gasteiger partial charge in [0, 0.05) is 31.4 Å². The molecule has 1 aliphatic rings. The van der Waals surface area contributed by atoms with E-state index in [4.69, 9.17) is 0 Å². The summed E-state index contributed by atoms with van der Waals surface area (Å²) in [5.74, 6) is -0.315. The van der Waals surface area contributed by atoms with Crippen molar-refractivity contribution in [2.24, 2.45) is 0 Å². The molecule has 4 rings (SSSR count). The molecule has 0 aromatic heterocycles. The molecule has 0 radical (unpaired) electrons. The van der Waals surface area contributed by atoms with E-state index in [9.17, 15) is 18.0 Å². The van der Waals surface area contributed by atoms with Gasteiger partial charge in [-0.2, -0.15) is 0 Å². The van der Waals surface area contributed by atoms with E-state index in [0.717, 1.165) is 28.3 Å². The standard InChI is InChI=1S/C29H35N3O4S/c1-4-18-30-29(34)24(5-2)31(20-23-12-7-6-11-21(23)3)27(33)17-10-19-32-25-15-8-13-22-14-9-16-26(28(22)25)37(32,35)36/h6-9,11-16,24H,4-5,10,17-20H2,1-3H3,(H,30,34)/t24-/m1/s1. The van der Waals surface area contributed by atoms with E-state index < -0.39 is 16.1 Å². The van der Waals surface area contributed by atoms with Gasteiger partial charge in [0.05, 0.1) is 10.6 Å². The Hall–Kier alpha value is -3.39. The zero-order valence-electron chi connectivity index (χ0n) is 21.7. The zero-order valence-corrected chi connectivity index (χ0v) is 22.6. The lowest BCUT2D eigenvalue weighted by Gasteiger charge is -2.31. The minimum Gasteiger partial charge on any atom is -0.354 e. The summed E-state index contributed by atoms with van der Waals surface area (Å²) in [4.78, 5) is 28.5. The fourth-order valence-electron chi connectivity index (χ4n) is 4.97. The third-order valence-corrected chi connectivity index (χ3v) is 8.83. The molecule has 1 aliphatic heterocycles. The molecule has 3 aromatic rings. The highest BCUT2D eigenvalue weighted by molar-refractivity contribution is 7.93. The van der Waals surface area contributed by atoms with Crippen LogP contribution in [-0.2, 0) is 26.2 Å². The second kappa shape index (κ2) is 11.3. The van der Waals surface area contributed by atoms with E-state index >= 15 is 0 Å². The third-order valence-electron chi connectivity index (χ3n) is 6.97. The SMILES string of the molecule is CCCNC(=O)[C@@H](CC)N(Cc1ccccc1C)C(=O)CCCN1c2cccc3cccc(c23)S1(=O)=O. The first-order valence-electron chi connectivity index (χ1n) is 13.0. The Balaban J connectivity index is 1.52. The molecule has 2 amide bonds. The van der Waals surface area contributed by atoms with Crippen molar-refractivity contribution in [1.82, 2.24) is 10.2 Å². The minimum atomic E-state index is -3.67. The number of nitrogens with zero attached hydrogens (tertiary/aromatic N) is 2. The van der Waals surface area contributed by atoms with Gasteiger partial charge in [0.15, 0.2) is 0 Å². The fourth-order valence-corrected chi connectivity index (χ4v) is 6.72. The summed E-state index contributed by atoms with van der Waals surface area (Å²) >= 11 is 0. The predicted molar refractivity (Wildman–Crippen MR) is 147 cm³/mol. The number of benzene rings is 3. The van der Waals surface area contributed by atoms with Crippen molar-refractivity contribution in [3.05, 3.63) is 71.8 Å². The lowest BCUT2D eigenvalue weighted by atomic mass is 10.0. The van der Waals surface area contributed by atoms with Gasteiger partial charge in [-0.25, -0.2) is 8.42 Å². The molecular formula is C29H35N3O4S. The van der Waals surface area contributed by atoms with E-state index in [1.165, 1.54) is 4.31 Å². The number of nitrogens with one attached hydrogen (secondary N) is 1. The second-order valence-corrected chi connectivity index (χ2v) is 11.3. The maximum absolute atomic E-state index is 13.6. The summed E-state index contributed by atoms with van der Waals surface area (Å²) in [6.45, 7) is 6.97. The van der Waals surface area contributed by atoms with E-state index in [1.54, 1.807) is 17.0 Å². The van der Waals surface area contributed by atoms with Crippen molar-refractivity contribution in [3.63, 3.8) is 0 Å². The second-order valence-electron chi connectivity index (χ2n) is 9.48. The van der Waals surface area contributed by atoms with Crippen LogP contribution in [-0.4, -0.2) is 44.3 Å². The van der Waals surface area contributed by atoms with Gasteiger partial charge >= 0.3 is 0 Å². The molecule has 0 spiro atoms. The quantitative estimate of drug-likeness (QED) is 0.394. The Labute approximate surface area is 219 Å². The van der Waals surface area contributed by atoms with Crippen molar-refractivity contribution in [2.75, 3.05) is 17.4 Å². The summed E-state index contributed by atoms with van der Waals surface area (Å²) < 4.78 is 28.0. The van der Waals surface area contributed by atoms with Crippen LogP contribution in [0.1, 0.15) is 50.7 Å². The van der Waals surface area contributed by atoms with Gasteiger partial charge in [-0.15, -0.1) is 0 Å². The summed E-state index contributed by atoms with van der Waals surface area (Å²) in [5, 5.41) is 4.54. The number of hydrogen-bond donors (Lipinski definition) is 1. The van der Waals surface area contributed by atoms with E-state index in [1.807, 2.05) is 69.3 Å². The Bertz CT molecular complexity index is 1400. The molecule has 0 saturated carbocycles. The number of carbonyl (C=O) groups is 2. The lowest BCUT2D eigenvalue weighted by Crippen LogP contribution is -2.49. The molecule has 37 heavy (non-hydrogen) atoms. The highest BCUT2D eigenvalue weighted by Gasteiger charge is 2.35. The van der Waals surface area contributed by atoms with Crippen molar-refractivity contribution in [2.45, 2.75) is 63.9 Å². The molecule has 1 heterocycles. The normalized spacial score (nSPS) is 14.5. The number of amides is 2. The van der Waals surface area contributed by atoms with Crippen LogP contribution in [0.4, 0.5) is 5.69 Å². The van der Waals surface area contributed by atoms with Crippen molar-refractivity contribution in [1.29, 1.82) is 0 Å². The third kappa shape index (κ3) is 5.34. The molecule has 0 unspecified atom stereocenters.